The zero-order chi connectivity index (χ0) is 16.0. The summed E-state index contributed by atoms with van der Waals surface area (Å²) in [5.41, 5.74) is 0.644. The molecule has 4 nitrogen and oxygen atoms in total. The van der Waals surface area contributed by atoms with Crippen LogP contribution in [0.25, 0.3) is 10.9 Å². The summed E-state index contributed by atoms with van der Waals surface area (Å²) in [5, 5.41) is 9.90. The van der Waals surface area contributed by atoms with E-state index in [9.17, 15) is 18.1 Å². The maximum absolute atomic E-state index is 13.2. The van der Waals surface area contributed by atoms with E-state index in [4.69, 9.17) is 0 Å². The van der Waals surface area contributed by atoms with E-state index >= 15 is 0 Å². The molecule has 3 rings (SSSR count). The number of nitriles is 1. The van der Waals surface area contributed by atoms with Crippen molar-refractivity contribution >= 4 is 20.9 Å². The summed E-state index contributed by atoms with van der Waals surface area (Å²) in [7, 11) is -3.83. The van der Waals surface area contributed by atoms with Crippen LogP contribution in [-0.2, 0) is 10.0 Å². The van der Waals surface area contributed by atoms with E-state index in [0.29, 0.717) is 10.9 Å². The predicted molar refractivity (Wildman–Crippen MR) is 82.3 cm³/mol. The second kappa shape index (κ2) is 4.82. The quantitative estimate of drug-likeness (QED) is 0.854. The average molecular weight is 316 g/mol. The van der Waals surface area contributed by atoms with Crippen LogP contribution in [-0.4, -0.2) is 17.1 Å². The van der Waals surface area contributed by atoms with Crippen LogP contribution >= 0.6 is 0 Å². The Hall–Kier alpha value is -2.39. The fraction of sp³-hybridized carbons (Fsp3) is 0.188. The van der Waals surface area contributed by atoms with Crippen molar-refractivity contribution in [1.82, 2.24) is 3.97 Å². The standard InChI is InChI=1S/C16H13FN2O2S/c1-16(8-5-14(17)6-9-16)22(20,21)19-10-7-12-3-2-4-13(11-18)15(12)19/h2-8,10H,9H2,1H3. The van der Waals surface area contributed by atoms with Crippen molar-refractivity contribution < 1.29 is 12.8 Å². The number of aromatic nitrogens is 1. The Morgan fingerprint density at radius 3 is 2.77 bits per heavy atom. The molecule has 0 saturated carbocycles. The molecule has 1 atom stereocenters. The molecule has 1 aliphatic rings. The molecule has 0 N–H and O–H groups in total. The van der Waals surface area contributed by atoms with Gasteiger partial charge in [-0.2, -0.15) is 5.26 Å². The number of hydrogen-bond acceptors (Lipinski definition) is 3. The number of allylic oxidation sites excluding steroid dienone is 3. The predicted octanol–water partition coefficient (Wildman–Crippen LogP) is 3.26. The highest BCUT2D eigenvalue weighted by atomic mass is 32.2. The molecule has 2 aromatic rings. The molecule has 112 valence electrons. The summed E-state index contributed by atoms with van der Waals surface area (Å²) in [6, 6.07) is 8.70. The third kappa shape index (κ3) is 1.97. The van der Waals surface area contributed by atoms with Crippen molar-refractivity contribution in [2.75, 3.05) is 0 Å². The summed E-state index contributed by atoms with van der Waals surface area (Å²) < 4.78 is 39.1. The van der Waals surface area contributed by atoms with Crippen LogP contribution in [0.1, 0.15) is 18.9 Å². The number of halogens is 1. The van der Waals surface area contributed by atoms with Crippen molar-refractivity contribution in [3.8, 4) is 6.07 Å². The minimum Gasteiger partial charge on any atom is -0.243 e. The van der Waals surface area contributed by atoms with Crippen LogP contribution in [0.2, 0.25) is 0 Å². The molecule has 1 unspecified atom stereocenters. The average Bonchev–Trinajstić information content (AvgIpc) is 2.94. The van der Waals surface area contributed by atoms with E-state index in [0.717, 1.165) is 10.0 Å². The van der Waals surface area contributed by atoms with E-state index in [-0.39, 0.29) is 12.0 Å². The van der Waals surface area contributed by atoms with Gasteiger partial charge in [0.15, 0.2) is 0 Å². The van der Waals surface area contributed by atoms with Crippen molar-refractivity contribution in [1.29, 1.82) is 5.26 Å². The Bertz CT molecular complexity index is 964. The molecule has 6 heteroatoms. The maximum atomic E-state index is 13.2. The van der Waals surface area contributed by atoms with E-state index in [1.165, 1.54) is 18.3 Å². The molecule has 0 aliphatic heterocycles. The van der Waals surface area contributed by atoms with Crippen LogP contribution in [0.4, 0.5) is 4.39 Å². The third-order valence-electron chi connectivity index (χ3n) is 3.94. The van der Waals surface area contributed by atoms with E-state index < -0.39 is 20.6 Å². The number of hydrogen-bond donors (Lipinski definition) is 0. The first-order valence-electron chi connectivity index (χ1n) is 6.69. The molecule has 1 aliphatic carbocycles. The molecule has 22 heavy (non-hydrogen) atoms. The maximum Gasteiger partial charge on any atom is 0.248 e. The lowest BCUT2D eigenvalue weighted by molar-refractivity contribution is 0.549. The van der Waals surface area contributed by atoms with Crippen molar-refractivity contribution in [2.24, 2.45) is 0 Å². The number of fused-ring (bicyclic) bond motifs is 1. The molecule has 0 bridgehead atoms. The topological polar surface area (TPSA) is 62.9 Å². The van der Waals surface area contributed by atoms with Crippen LogP contribution in [0.5, 0.6) is 0 Å². The Balaban J connectivity index is 2.24. The summed E-state index contributed by atoms with van der Waals surface area (Å²) in [6.07, 6.45) is 5.27. The van der Waals surface area contributed by atoms with Gasteiger partial charge in [-0.3, -0.25) is 0 Å². The second-order valence-electron chi connectivity index (χ2n) is 5.41. The first-order chi connectivity index (χ1) is 10.4. The second-order valence-corrected chi connectivity index (χ2v) is 7.69. The zero-order valence-electron chi connectivity index (χ0n) is 11.8. The SMILES string of the molecule is CC1(S(=O)(=O)n2ccc3cccc(C#N)c32)C=CC(F)=CC1. The molecule has 0 amide bonds. The van der Waals surface area contributed by atoms with Crippen molar-refractivity contribution in [3.63, 3.8) is 0 Å². The lowest BCUT2D eigenvalue weighted by Crippen LogP contribution is -2.38. The lowest BCUT2D eigenvalue weighted by atomic mass is 10.0. The van der Waals surface area contributed by atoms with Crippen LogP contribution in [0, 0.1) is 11.3 Å². The van der Waals surface area contributed by atoms with Gasteiger partial charge in [0.2, 0.25) is 10.0 Å². The Kier molecular flexibility index (Phi) is 3.18. The molecule has 0 radical (unpaired) electrons. The third-order valence-corrected chi connectivity index (χ3v) is 6.25. The Morgan fingerprint density at radius 1 is 1.36 bits per heavy atom. The van der Waals surface area contributed by atoms with E-state index in [2.05, 4.69) is 0 Å². The molecular formula is C16H13FN2O2S. The zero-order valence-corrected chi connectivity index (χ0v) is 12.6. The molecule has 0 spiro atoms. The highest BCUT2D eigenvalue weighted by Gasteiger charge is 2.39. The van der Waals surface area contributed by atoms with Crippen LogP contribution < -0.4 is 0 Å². The Labute approximate surface area is 127 Å². The van der Waals surface area contributed by atoms with E-state index in [1.807, 2.05) is 6.07 Å². The van der Waals surface area contributed by atoms with Gasteiger partial charge in [-0.05, 0) is 37.6 Å². The van der Waals surface area contributed by atoms with Crippen molar-refractivity contribution in [2.45, 2.75) is 18.1 Å². The van der Waals surface area contributed by atoms with Crippen LogP contribution in [0.3, 0.4) is 0 Å². The van der Waals surface area contributed by atoms with E-state index in [1.54, 1.807) is 31.2 Å². The molecular weight excluding hydrogens is 303 g/mol. The molecule has 0 fully saturated rings. The summed E-state index contributed by atoms with van der Waals surface area (Å²) >= 11 is 0. The fourth-order valence-corrected chi connectivity index (χ4v) is 4.21. The number of para-hydroxylation sites is 1. The summed E-state index contributed by atoms with van der Waals surface area (Å²) in [4.78, 5) is 0. The first kappa shape index (κ1) is 14.5. The number of nitrogens with zero attached hydrogens (tertiary/aromatic N) is 2. The monoisotopic (exact) mass is 316 g/mol. The normalized spacial score (nSPS) is 21.6. The minimum absolute atomic E-state index is 0.0477. The number of benzene rings is 1. The molecule has 1 aromatic carbocycles. The first-order valence-corrected chi connectivity index (χ1v) is 8.13. The van der Waals surface area contributed by atoms with Gasteiger partial charge in [0, 0.05) is 11.6 Å². The Morgan fingerprint density at radius 2 is 2.14 bits per heavy atom. The largest absolute Gasteiger partial charge is 0.248 e. The molecule has 1 aromatic heterocycles. The van der Waals surface area contributed by atoms with Gasteiger partial charge in [-0.1, -0.05) is 18.2 Å². The summed E-state index contributed by atoms with van der Waals surface area (Å²) in [5.74, 6) is -0.442. The van der Waals surface area contributed by atoms with Gasteiger partial charge < -0.3 is 0 Å². The lowest BCUT2D eigenvalue weighted by Gasteiger charge is -2.27. The van der Waals surface area contributed by atoms with Gasteiger partial charge in [-0.15, -0.1) is 0 Å². The fourth-order valence-electron chi connectivity index (χ4n) is 2.56. The van der Waals surface area contributed by atoms with Gasteiger partial charge in [0.05, 0.1) is 11.1 Å². The van der Waals surface area contributed by atoms with Gasteiger partial charge >= 0.3 is 0 Å². The van der Waals surface area contributed by atoms with Gasteiger partial charge in [-0.25, -0.2) is 16.8 Å². The smallest absolute Gasteiger partial charge is 0.243 e. The van der Waals surface area contributed by atoms with Gasteiger partial charge in [0.25, 0.3) is 0 Å². The van der Waals surface area contributed by atoms with Gasteiger partial charge in [0.1, 0.15) is 16.6 Å². The van der Waals surface area contributed by atoms with Crippen LogP contribution in [0.15, 0.2) is 54.5 Å². The molecule has 0 saturated heterocycles. The van der Waals surface area contributed by atoms with Crippen molar-refractivity contribution in [3.05, 3.63) is 60.1 Å². The number of rotatable bonds is 2. The highest BCUT2D eigenvalue weighted by molar-refractivity contribution is 7.91. The molecule has 1 heterocycles. The minimum atomic E-state index is -3.83. The highest BCUT2D eigenvalue weighted by Crippen LogP contribution is 2.33. The summed E-state index contributed by atoms with van der Waals surface area (Å²) in [6.45, 7) is 1.54.